The zero-order valence-corrected chi connectivity index (χ0v) is 12.8. The Morgan fingerprint density at radius 2 is 2.10 bits per heavy atom. The van der Waals surface area contributed by atoms with Crippen LogP contribution in [0, 0.1) is 5.92 Å². The van der Waals surface area contributed by atoms with Crippen LogP contribution in [0.1, 0.15) is 39.2 Å². The van der Waals surface area contributed by atoms with Crippen LogP contribution in [-0.2, 0) is 4.74 Å². The molecule has 0 bridgehead atoms. The molecule has 0 atom stereocenters. The number of carbonyl (C=O) groups excluding carboxylic acids is 1. The fourth-order valence-corrected chi connectivity index (χ4v) is 1.86. The van der Waals surface area contributed by atoms with Gasteiger partial charge in [0, 0.05) is 0 Å². The van der Waals surface area contributed by atoms with Crippen molar-refractivity contribution in [3.63, 3.8) is 0 Å². The Bertz CT molecular complexity index is 528. The molecule has 1 amide bonds. The minimum absolute atomic E-state index is 0.497. The first-order valence-corrected chi connectivity index (χ1v) is 7.19. The minimum atomic E-state index is -0.528. The van der Waals surface area contributed by atoms with Gasteiger partial charge < -0.3 is 4.74 Å². The highest BCUT2D eigenvalue weighted by atomic mass is 35.5. The zero-order valence-electron chi connectivity index (χ0n) is 12.1. The first-order chi connectivity index (χ1) is 9.33. The topological polar surface area (TPSA) is 38.3 Å². The molecule has 1 aromatic rings. The number of hydrogen-bond donors (Lipinski definition) is 1. The largest absolute Gasteiger partial charge is 0.444 e. The normalized spacial score (nSPS) is 15.4. The van der Waals surface area contributed by atoms with Crippen LogP contribution in [0.25, 0.3) is 6.08 Å². The molecule has 108 valence electrons. The predicted molar refractivity (Wildman–Crippen MR) is 83.1 cm³/mol. The van der Waals surface area contributed by atoms with E-state index in [-0.39, 0.29) is 0 Å². The van der Waals surface area contributed by atoms with Gasteiger partial charge in [-0.25, -0.2) is 4.79 Å². The average molecular weight is 294 g/mol. The monoisotopic (exact) mass is 293 g/mol. The standard InChI is InChI=1S/C16H20ClNO2/c1-16(2,3)20-15(19)18-14-10-12(8-9-13(14)17)7-6-11-4-5-11/h6-11H,4-5H2,1-3H3,(H,18,19). The van der Waals surface area contributed by atoms with Crippen LogP contribution >= 0.6 is 11.6 Å². The number of allylic oxidation sites excluding steroid dienone is 1. The van der Waals surface area contributed by atoms with Gasteiger partial charge in [-0.05, 0) is 57.2 Å². The Kier molecular flexibility index (Phi) is 4.39. The Balaban J connectivity index is 2.05. The van der Waals surface area contributed by atoms with Gasteiger partial charge in [0.1, 0.15) is 5.60 Å². The summed E-state index contributed by atoms with van der Waals surface area (Å²) in [6, 6.07) is 5.56. The summed E-state index contributed by atoms with van der Waals surface area (Å²) in [4.78, 5) is 11.8. The summed E-state index contributed by atoms with van der Waals surface area (Å²) in [5, 5.41) is 3.18. The van der Waals surface area contributed by atoms with Crippen molar-refractivity contribution >= 4 is 29.5 Å². The third-order valence-corrected chi connectivity index (χ3v) is 3.14. The molecule has 0 aromatic heterocycles. The maximum Gasteiger partial charge on any atom is 0.412 e. The van der Waals surface area contributed by atoms with E-state index in [1.54, 1.807) is 6.07 Å². The highest BCUT2D eigenvalue weighted by Gasteiger charge is 2.18. The Hall–Kier alpha value is -1.48. The summed E-state index contributed by atoms with van der Waals surface area (Å²) in [7, 11) is 0. The number of benzene rings is 1. The van der Waals surface area contributed by atoms with Crippen LogP contribution in [0.4, 0.5) is 10.5 Å². The van der Waals surface area contributed by atoms with Gasteiger partial charge in [0.2, 0.25) is 0 Å². The van der Waals surface area contributed by atoms with Gasteiger partial charge >= 0.3 is 6.09 Å². The smallest absolute Gasteiger partial charge is 0.412 e. The third-order valence-electron chi connectivity index (χ3n) is 2.81. The van der Waals surface area contributed by atoms with Gasteiger partial charge in [-0.3, -0.25) is 5.32 Å². The number of halogens is 1. The molecule has 1 aliphatic rings. The van der Waals surface area contributed by atoms with Gasteiger partial charge in [0.15, 0.2) is 0 Å². The fourth-order valence-electron chi connectivity index (χ4n) is 1.69. The van der Waals surface area contributed by atoms with Gasteiger partial charge in [0.05, 0.1) is 10.7 Å². The first kappa shape index (κ1) is 14.9. The molecule has 1 fully saturated rings. The molecule has 0 saturated heterocycles. The molecular weight excluding hydrogens is 274 g/mol. The predicted octanol–water partition coefficient (Wildman–Crippen LogP) is 5.11. The molecule has 4 heteroatoms. The molecular formula is C16H20ClNO2. The molecule has 1 saturated carbocycles. The number of amides is 1. The van der Waals surface area contributed by atoms with Crippen molar-refractivity contribution in [1.29, 1.82) is 0 Å². The number of rotatable bonds is 3. The molecule has 0 heterocycles. The second-order valence-electron chi connectivity index (χ2n) is 6.06. The number of ether oxygens (including phenoxy) is 1. The van der Waals surface area contributed by atoms with E-state index in [1.807, 2.05) is 32.9 Å². The molecule has 2 rings (SSSR count). The van der Waals surface area contributed by atoms with Crippen LogP contribution < -0.4 is 5.32 Å². The molecule has 1 N–H and O–H groups in total. The molecule has 3 nitrogen and oxygen atoms in total. The summed E-state index contributed by atoms with van der Waals surface area (Å²) in [5.74, 6) is 0.716. The molecule has 1 aromatic carbocycles. The quantitative estimate of drug-likeness (QED) is 0.841. The molecule has 20 heavy (non-hydrogen) atoms. The van der Waals surface area contributed by atoms with Crippen molar-refractivity contribution in [3.8, 4) is 0 Å². The Morgan fingerprint density at radius 1 is 1.40 bits per heavy atom. The van der Waals surface area contributed by atoms with E-state index in [4.69, 9.17) is 16.3 Å². The highest BCUT2D eigenvalue weighted by Crippen LogP contribution is 2.31. The SMILES string of the molecule is CC(C)(C)OC(=O)Nc1cc(C=CC2CC2)ccc1Cl. The van der Waals surface area contributed by atoms with Gasteiger partial charge in [-0.2, -0.15) is 0 Å². The number of hydrogen-bond acceptors (Lipinski definition) is 2. The van der Waals surface area contributed by atoms with Gasteiger partial charge in [0.25, 0.3) is 0 Å². The second-order valence-corrected chi connectivity index (χ2v) is 6.47. The number of anilines is 1. The number of nitrogens with one attached hydrogen (secondary N) is 1. The van der Waals surface area contributed by atoms with Gasteiger partial charge in [-0.1, -0.05) is 29.8 Å². The van der Waals surface area contributed by atoms with E-state index in [1.165, 1.54) is 12.8 Å². The van der Waals surface area contributed by atoms with Crippen molar-refractivity contribution in [2.75, 3.05) is 5.32 Å². The molecule has 1 aliphatic carbocycles. The molecule has 0 unspecified atom stereocenters. The van der Waals surface area contributed by atoms with Crippen LogP contribution in [0.2, 0.25) is 5.02 Å². The van der Waals surface area contributed by atoms with Gasteiger partial charge in [-0.15, -0.1) is 0 Å². The lowest BCUT2D eigenvalue weighted by Crippen LogP contribution is -2.27. The third kappa shape index (κ3) is 4.89. The summed E-state index contributed by atoms with van der Waals surface area (Å²) in [6.07, 6.45) is 6.30. The average Bonchev–Trinajstić information content (AvgIpc) is 3.11. The van der Waals surface area contributed by atoms with Crippen LogP contribution in [0.15, 0.2) is 24.3 Å². The van der Waals surface area contributed by atoms with E-state index >= 15 is 0 Å². The zero-order chi connectivity index (χ0) is 14.8. The highest BCUT2D eigenvalue weighted by molar-refractivity contribution is 6.33. The second kappa shape index (κ2) is 5.88. The lowest BCUT2D eigenvalue weighted by atomic mass is 10.1. The van der Waals surface area contributed by atoms with E-state index in [0.717, 1.165) is 5.56 Å². The maximum atomic E-state index is 11.8. The van der Waals surface area contributed by atoms with Crippen molar-refractivity contribution in [2.45, 2.75) is 39.2 Å². The van der Waals surface area contributed by atoms with Crippen molar-refractivity contribution in [2.24, 2.45) is 5.92 Å². The molecule has 0 radical (unpaired) electrons. The minimum Gasteiger partial charge on any atom is -0.444 e. The lowest BCUT2D eigenvalue weighted by molar-refractivity contribution is 0.0636. The van der Waals surface area contributed by atoms with E-state index in [2.05, 4.69) is 17.5 Å². The van der Waals surface area contributed by atoms with Crippen molar-refractivity contribution in [1.82, 2.24) is 0 Å². The molecule has 0 aliphatic heterocycles. The summed E-state index contributed by atoms with van der Waals surface area (Å²) in [5.41, 5.74) is 1.06. The summed E-state index contributed by atoms with van der Waals surface area (Å²) in [6.45, 7) is 5.47. The number of carbonyl (C=O) groups is 1. The van der Waals surface area contributed by atoms with Crippen molar-refractivity contribution < 1.29 is 9.53 Å². The van der Waals surface area contributed by atoms with Crippen molar-refractivity contribution in [3.05, 3.63) is 34.9 Å². The van der Waals surface area contributed by atoms with E-state index < -0.39 is 11.7 Å². The Morgan fingerprint density at radius 3 is 2.70 bits per heavy atom. The summed E-state index contributed by atoms with van der Waals surface area (Å²) < 4.78 is 5.22. The van der Waals surface area contributed by atoms with Crippen LogP contribution in [0.3, 0.4) is 0 Å². The first-order valence-electron chi connectivity index (χ1n) is 6.81. The maximum absolute atomic E-state index is 11.8. The van der Waals surface area contributed by atoms with E-state index in [9.17, 15) is 4.79 Å². The summed E-state index contributed by atoms with van der Waals surface area (Å²) >= 11 is 6.09. The Labute approximate surface area is 125 Å². The lowest BCUT2D eigenvalue weighted by Gasteiger charge is -2.20. The van der Waals surface area contributed by atoms with Crippen LogP contribution in [0.5, 0.6) is 0 Å². The molecule has 0 spiro atoms. The van der Waals surface area contributed by atoms with E-state index in [0.29, 0.717) is 16.6 Å². The fraction of sp³-hybridized carbons (Fsp3) is 0.438. The van der Waals surface area contributed by atoms with Crippen LogP contribution in [-0.4, -0.2) is 11.7 Å².